The van der Waals surface area contributed by atoms with Crippen molar-refractivity contribution in [2.24, 2.45) is 7.05 Å². The monoisotopic (exact) mass is 248 g/mol. The average Bonchev–Trinajstić information content (AvgIpc) is 2.64. The van der Waals surface area contributed by atoms with Gasteiger partial charge in [-0.2, -0.15) is 5.10 Å². The number of hydrogen-bond donors (Lipinski definition) is 2. The van der Waals surface area contributed by atoms with Crippen LogP contribution in [0.1, 0.15) is 25.1 Å². The van der Waals surface area contributed by atoms with Crippen LogP contribution in [0.2, 0.25) is 0 Å². The maximum Gasteiger partial charge on any atom is 0.247 e. The molecule has 18 heavy (non-hydrogen) atoms. The van der Waals surface area contributed by atoms with Crippen LogP contribution in [0.3, 0.4) is 0 Å². The van der Waals surface area contributed by atoms with Gasteiger partial charge in [0.2, 0.25) is 5.91 Å². The molecule has 2 N–H and O–H groups in total. The smallest absolute Gasteiger partial charge is 0.247 e. The lowest BCUT2D eigenvalue weighted by atomic mass is 10.0. The van der Waals surface area contributed by atoms with Crippen molar-refractivity contribution in [3.63, 3.8) is 0 Å². The van der Waals surface area contributed by atoms with Gasteiger partial charge in [-0.1, -0.05) is 6.92 Å². The second-order valence-corrected chi connectivity index (χ2v) is 4.64. The molecule has 2 rings (SSSR count). The highest BCUT2D eigenvalue weighted by Gasteiger charge is 2.16. The van der Waals surface area contributed by atoms with Crippen molar-refractivity contribution in [2.75, 3.05) is 13.1 Å². The van der Waals surface area contributed by atoms with Crippen LogP contribution in [-0.4, -0.2) is 28.8 Å². The second kappa shape index (κ2) is 5.35. The minimum atomic E-state index is 0.0254. The molecule has 0 atom stereocenters. The minimum Gasteiger partial charge on any atom is -0.348 e. The van der Waals surface area contributed by atoms with Gasteiger partial charge in [0.05, 0.1) is 5.69 Å². The van der Waals surface area contributed by atoms with Gasteiger partial charge >= 0.3 is 0 Å². The van der Waals surface area contributed by atoms with E-state index < -0.39 is 0 Å². The zero-order valence-corrected chi connectivity index (χ0v) is 11.2. The van der Waals surface area contributed by atoms with E-state index in [0.717, 1.165) is 36.3 Å². The van der Waals surface area contributed by atoms with Crippen LogP contribution in [0.25, 0.3) is 0 Å². The van der Waals surface area contributed by atoms with Gasteiger partial charge in [0.15, 0.2) is 0 Å². The summed E-state index contributed by atoms with van der Waals surface area (Å²) in [5.74, 6) is 0.0254. The summed E-state index contributed by atoms with van der Waals surface area (Å²) in [6.07, 6.45) is 2.85. The van der Waals surface area contributed by atoms with Crippen LogP contribution >= 0.6 is 0 Å². The summed E-state index contributed by atoms with van der Waals surface area (Å²) in [5, 5.41) is 10.5. The molecule has 98 valence electrons. The van der Waals surface area contributed by atoms with Crippen molar-refractivity contribution in [3.8, 4) is 0 Å². The first-order valence-corrected chi connectivity index (χ1v) is 6.30. The van der Waals surface area contributed by atoms with Gasteiger partial charge in [0.1, 0.15) is 0 Å². The summed E-state index contributed by atoms with van der Waals surface area (Å²) in [4.78, 5) is 11.9. The first-order chi connectivity index (χ1) is 8.61. The molecule has 1 saturated heterocycles. The number of rotatable bonds is 4. The van der Waals surface area contributed by atoms with E-state index in [4.69, 9.17) is 0 Å². The van der Waals surface area contributed by atoms with E-state index >= 15 is 0 Å². The molecule has 1 aromatic heterocycles. The fourth-order valence-corrected chi connectivity index (χ4v) is 2.01. The van der Waals surface area contributed by atoms with Gasteiger partial charge in [-0.15, -0.1) is 0 Å². The van der Waals surface area contributed by atoms with Crippen LogP contribution in [-0.2, 0) is 24.8 Å². The van der Waals surface area contributed by atoms with Gasteiger partial charge < -0.3 is 10.6 Å². The Kier molecular flexibility index (Phi) is 3.81. The van der Waals surface area contributed by atoms with Crippen LogP contribution in [0.5, 0.6) is 0 Å². The Labute approximate surface area is 107 Å². The number of aryl methyl sites for hydroxylation is 2. The van der Waals surface area contributed by atoms with Gasteiger partial charge in [0, 0.05) is 44.0 Å². The van der Waals surface area contributed by atoms with Crippen LogP contribution in [0.4, 0.5) is 0 Å². The Morgan fingerprint density at radius 2 is 2.28 bits per heavy atom. The molecule has 1 fully saturated rings. The molecule has 0 spiro atoms. The maximum absolute atomic E-state index is 11.9. The number of hydrogen-bond acceptors (Lipinski definition) is 3. The molecule has 5 nitrogen and oxygen atoms in total. The van der Waals surface area contributed by atoms with Gasteiger partial charge in [-0.3, -0.25) is 9.48 Å². The third kappa shape index (κ3) is 2.61. The molecule has 0 aromatic carbocycles. The number of carbonyl (C=O) groups is 1. The summed E-state index contributed by atoms with van der Waals surface area (Å²) >= 11 is 0. The van der Waals surface area contributed by atoms with Gasteiger partial charge in [0.25, 0.3) is 0 Å². The van der Waals surface area contributed by atoms with Gasteiger partial charge in [-0.05, 0) is 18.9 Å². The topological polar surface area (TPSA) is 59.0 Å². The summed E-state index contributed by atoms with van der Waals surface area (Å²) in [6, 6.07) is 0. The fraction of sp³-hybridized carbons (Fsp3) is 0.538. The molecular weight excluding hydrogens is 228 g/mol. The highest BCUT2D eigenvalue weighted by atomic mass is 16.1. The summed E-state index contributed by atoms with van der Waals surface area (Å²) < 4.78 is 1.79. The van der Waals surface area contributed by atoms with E-state index in [1.54, 1.807) is 4.68 Å². The van der Waals surface area contributed by atoms with Crippen molar-refractivity contribution in [3.05, 3.63) is 28.6 Å². The van der Waals surface area contributed by atoms with E-state index in [-0.39, 0.29) is 5.91 Å². The largest absolute Gasteiger partial charge is 0.348 e. The first kappa shape index (κ1) is 12.8. The number of nitrogens with zero attached hydrogens (tertiary/aromatic N) is 2. The normalized spacial score (nSPS) is 14.3. The van der Waals surface area contributed by atoms with Crippen LogP contribution in [0, 0.1) is 0 Å². The van der Waals surface area contributed by atoms with Crippen molar-refractivity contribution in [1.82, 2.24) is 20.4 Å². The minimum absolute atomic E-state index is 0.0254. The average molecular weight is 248 g/mol. The molecule has 1 aliphatic heterocycles. The third-order valence-corrected chi connectivity index (χ3v) is 3.31. The van der Waals surface area contributed by atoms with Gasteiger partial charge in [-0.25, -0.2) is 0 Å². The quantitative estimate of drug-likeness (QED) is 0.764. The van der Waals surface area contributed by atoms with Crippen molar-refractivity contribution < 1.29 is 4.79 Å². The third-order valence-electron chi connectivity index (χ3n) is 3.31. The number of aromatic nitrogens is 2. The lowest BCUT2D eigenvalue weighted by molar-refractivity contribution is -0.117. The number of nitrogens with one attached hydrogen (secondary N) is 2. The summed E-state index contributed by atoms with van der Waals surface area (Å²) in [6.45, 7) is 6.18. The molecule has 5 heteroatoms. The first-order valence-electron chi connectivity index (χ1n) is 6.30. The lowest BCUT2D eigenvalue weighted by Crippen LogP contribution is -2.37. The molecule has 0 bridgehead atoms. The van der Waals surface area contributed by atoms with Crippen LogP contribution in [0.15, 0.2) is 17.3 Å². The molecule has 0 unspecified atom stereocenters. The fourth-order valence-electron chi connectivity index (χ4n) is 2.01. The molecule has 0 radical (unpaired) electrons. The standard InChI is InChI=1S/C13H20N4O/c1-4-12-11(8-17(3)16-12)7-15-13(18)9(2)10-5-14-6-10/h8,14H,4-7H2,1-3H3,(H,15,18). The second-order valence-electron chi connectivity index (χ2n) is 4.64. The SMILES string of the molecule is CCc1nn(C)cc1CNC(=O)C(C)=C1CNC1. The van der Waals surface area contributed by atoms with Crippen molar-refractivity contribution >= 4 is 5.91 Å². The van der Waals surface area contributed by atoms with E-state index in [1.165, 1.54) is 5.57 Å². The molecule has 1 amide bonds. The Morgan fingerprint density at radius 3 is 2.83 bits per heavy atom. The van der Waals surface area contributed by atoms with Crippen molar-refractivity contribution in [1.29, 1.82) is 0 Å². The van der Waals surface area contributed by atoms with E-state index in [1.807, 2.05) is 20.2 Å². The summed E-state index contributed by atoms with van der Waals surface area (Å²) in [7, 11) is 1.90. The summed E-state index contributed by atoms with van der Waals surface area (Å²) in [5.41, 5.74) is 4.19. The Hall–Kier alpha value is -1.62. The predicted molar refractivity (Wildman–Crippen MR) is 70.0 cm³/mol. The zero-order valence-electron chi connectivity index (χ0n) is 11.2. The Morgan fingerprint density at radius 1 is 1.56 bits per heavy atom. The molecule has 2 heterocycles. The number of amides is 1. The maximum atomic E-state index is 11.9. The molecular formula is C13H20N4O. The van der Waals surface area contributed by atoms with Crippen molar-refractivity contribution in [2.45, 2.75) is 26.8 Å². The highest BCUT2D eigenvalue weighted by Crippen LogP contribution is 2.10. The molecule has 0 aliphatic carbocycles. The molecule has 1 aliphatic rings. The predicted octanol–water partition coefficient (Wildman–Crippen LogP) is 0.518. The van der Waals surface area contributed by atoms with E-state index in [2.05, 4.69) is 22.7 Å². The van der Waals surface area contributed by atoms with Crippen LogP contribution < -0.4 is 10.6 Å². The van der Waals surface area contributed by atoms with E-state index in [9.17, 15) is 4.79 Å². The Balaban J connectivity index is 1.96. The molecule has 0 saturated carbocycles. The zero-order chi connectivity index (χ0) is 13.1. The highest BCUT2D eigenvalue weighted by molar-refractivity contribution is 5.93. The van der Waals surface area contributed by atoms with E-state index in [0.29, 0.717) is 6.54 Å². The number of carbonyl (C=O) groups excluding carboxylic acids is 1. The lowest BCUT2D eigenvalue weighted by Gasteiger charge is -2.21. The molecule has 1 aromatic rings. The Bertz CT molecular complexity index is 481.